The number of benzene rings is 2. The van der Waals surface area contributed by atoms with Gasteiger partial charge in [-0.15, -0.1) is 0 Å². The van der Waals surface area contributed by atoms with Crippen molar-refractivity contribution in [3.8, 4) is 11.8 Å². The van der Waals surface area contributed by atoms with Crippen LogP contribution >= 0.6 is 0 Å². The Labute approximate surface area is 143 Å². The molecule has 0 aliphatic heterocycles. The van der Waals surface area contributed by atoms with Gasteiger partial charge in [0.15, 0.2) is 0 Å². The minimum absolute atomic E-state index is 0.0747. The van der Waals surface area contributed by atoms with Crippen LogP contribution in [0.4, 0.5) is 14.9 Å². The van der Waals surface area contributed by atoms with Crippen LogP contribution in [0, 0.1) is 34.7 Å². The lowest BCUT2D eigenvalue weighted by molar-refractivity contribution is -0.385. The lowest BCUT2D eigenvalue weighted by atomic mass is 10.1. The van der Waals surface area contributed by atoms with Crippen LogP contribution in [0.5, 0.6) is 0 Å². The fourth-order valence-electron chi connectivity index (χ4n) is 1.98. The Morgan fingerprint density at radius 1 is 1.32 bits per heavy atom. The standard InChI is InChI=1S/C18H15FN2O4/c1-13-10-16(19)15(11-17(13)21(23)24)8-5-9-20-18(22)25-12-14-6-3-2-4-7-14/h2-4,6-7,10-11H,9,12H2,1H3,(H,20,22). The highest BCUT2D eigenvalue weighted by molar-refractivity contribution is 5.67. The third-order valence-corrected chi connectivity index (χ3v) is 3.24. The molecule has 128 valence electrons. The maximum atomic E-state index is 13.8. The number of carbonyl (C=O) groups excluding carboxylic acids is 1. The molecule has 0 atom stereocenters. The SMILES string of the molecule is Cc1cc(F)c(C#CCNC(=O)OCc2ccccc2)cc1[N+](=O)[O-]. The molecule has 0 saturated heterocycles. The molecule has 6 nitrogen and oxygen atoms in total. The van der Waals surface area contributed by atoms with Gasteiger partial charge in [-0.2, -0.15) is 0 Å². The topological polar surface area (TPSA) is 81.5 Å². The third-order valence-electron chi connectivity index (χ3n) is 3.24. The zero-order chi connectivity index (χ0) is 18.2. The van der Waals surface area contributed by atoms with Crippen molar-refractivity contribution in [1.82, 2.24) is 5.32 Å². The molecule has 1 amide bonds. The lowest BCUT2D eigenvalue weighted by Crippen LogP contribution is -2.24. The van der Waals surface area contributed by atoms with Gasteiger partial charge in [-0.05, 0) is 18.6 Å². The summed E-state index contributed by atoms with van der Waals surface area (Å²) in [6, 6.07) is 11.3. The summed E-state index contributed by atoms with van der Waals surface area (Å²) < 4.78 is 18.7. The van der Waals surface area contributed by atoms with Crippen LogP contribution in [0.15, 0.2) is 42.5 Å². The molecule has 2 aromatic carbocycles. The molecule has 0 aliphatic rings. The van der Waals surface area contributed by atoms with E-state index in [2.05, 4.69) is 17.2 Å². The predicted molar refractivity (Wildman–Crippen MR) is 89.3 cm³/mol. The minimum Gasteiger partial charge on any atom is -0.445 e. The monoisotopic (exact) mass is 342 g/mol. The number of hydrogen-bond donors (Lipinski definition) is 1. The Kier molecular flexibility index (Phi) is 6.07. The molecule has 1 N–H and O–H groups in total. The fourth-order valence-corrected chi connectivity index (χ4v) is 1.98. The highest BCUT2D eigenvalue weighted by atomic mass is 19.1. The molecular weight excluding hydrogens is 327 g/mol. The highest BCUT2D eigenvalue weighted by Gasteiger charge is 2.14. The molecule has 0 spiro atoms. The Bertz CT molecular complexity index is 841. The average molecular weight is 342 g/mol. The maximum Gasteiger partial charge on any atom is 0.408 e. The Hall–Kier alpha value is -3.40. The number of ether oxygens (including phenoxy) is 1. The van der Waals surface area contributed by atoms with Crippen LogP contribution in [0.25, 0.3) is 0 Å². The summed E-state index contributed by atoms with van der Waals surface area (Å²) in [6.07, 6.45) is -0.659. The summed E-state index contributed by atoms with van der Waals surface area (Å²) in [5.41, 5.74) is 0.756. The molecule has 2 aromatic rings. The summed E-state index contributed by atoms with van der Waals surface area (Å²) in [4.78, 5) is 21.8. The van der Waals surface area contributed by atoms with Gasteiger partial charge in [-0.25, -0.2) is 9.18 Å². The first kappa shape index (κ1) is 17.9. The molecule has 0 aliphatic carbocycles. The number of aryl methyl sites for hydroxylation is 1. The number of amides is 1. The summed E-state index contributed by atoms with van der Waals surface area (Å²) in [5.74, 6) is 4.35. The van der Waals surface area contributed by atoms with Crippen molar-refractivity contribution in [2.24, 2.45) is 0 Å². The second kappa shape index (κ2) is 8.45. The van der Waals surface area contributed by atoms with Crippen molar-refractivity contribution in [2.75, 3.05) is 6.54 Å². The van der Waals surface area contributed by atoms with Crippen molar-refractivity contribution in [1.29, 1.82) is 0 Å². The second-order valence-electron chi connectivity index (χ2n) is 5.09. The van der Waals surface area contributed by atoms with Gasteiger partial charge in [-0.1, -0.05) is 42.2 Å². The first-order valence-corrected chi connectivity index (χ1v) is 7.35. The molecule has 2 rings (SSSR count). The quantitative estimate of drug-likeness (QED) is 0.525. The molecule has 0 aromatic heterocycles. The van der Waals surface area contributed by atoms with Crippen molar-refractivity contribution in [3.63, 3.8) is 0 Å². The Balaban J connectivity index is 1.89. The summed E-state index contributed by atoms with van der Waals surface area (Å²) in [7, 11) is 0. The molecule has 0 bridgehead atoms. The highest BCUT2D eigenvalue weighted by Crippen LogP contribution is 2.21. The van der Waals surface area contributed by atoms with Gasteiger partial charge in [-0.3, -0.25) is 10.1 Å². The van der Waals surface area contributed by atoms with E-state index in [0.29, 0.717) is 0 Å². The van der Waals surface area contributed by atoms with Gasteiger partial charge in [0, 0.05) is 11.6 Å². The zero-order valence-electron chi connectivity index (χ0n) is 13.4. The normalized spacial score (nSPS) is 9.68. The fraction of sp³-hybridized carbons (Fsp3) is 0.167. The van der Waals surface area contributed by atoms with E-state index >= 15 is 0 Å². The van der Waals surface area contributed by atoms with Crippen LogP contribution < -0.4 is 5.32 Å². The number of rotatable bonds is 4. The molecule has 0 radical (unpaired) electrons. The van der Waals surface area contributed by atoms with E-state index in [4.69, 9.17) is 4.74 Å². The van der Waals surface area contributed by atoms with Crippen molar-refractivity contribution in [3.05, 3.63) is 75.1 Å². The van der Waals surface area contributed by atoms with E-state index in [1.165, 1.54) is 6.92 Å². The average Bonchev–Trinajstić information content (AvgIpc) is 2.59. The van der Waals surface area contributed by atoms with E-state index in [0.717, 1.165) is 17.7 Å². The number of hydrogen-bond acceptors (Lipinski definition) is 4. The maximum absolute atomic E-state index is 13.8. The summed E-state index contributed by atoms with van der Waals surface area (Å²) in [5, 5.41) is 13.3. The smallest absolute Gasteiger partial charge is 0.408 e. The first-order chi connectivity index (χ1) is 12.0. The Morgan fingerprint density at radius 3 is 2.72 bits per heavy atom. The van der Waals surface area contributed by atoms with E-state index in [9.17, 15) is 19.3 Å². The lowest BCUT2D eigenvalue weighted by Gasteiger charge is -2.04. The number of carbonyl (C=O) groups is 1. The van der Waals surface area contributed by atoms with Gasteiger partial charge >= 0.3 is 6.09 Å². The Morgan fingerprint density at radius 2 is 2.04 bits per heavy atom. The first-order valence-electron chi connectivity index (χ1n) is 7.35. The molecular formula is C18H15FN2O4. The van der Waals surface area contributed by atoms with Crippen molar-refractivity contribution >= 4 is 11.8 Å². The largest absolute Gasteiger partial charge is 0.445 e. The van der Waals surface area contributed by atoms with E-state index < -0.39 is 16.8 Å². The van der Waals surface area contributed by atoms with Gasteiger partial charge in [0.05, 0.1) is 17.0 Å². The molecule has 25 heavy (non-hydrogen) atoms. The number of halogens is 1. The van der Waals surface area contributed by atoms with E-state index in [1.54, 1.807) is 0 Å². The molecule has 7 heteroatoms. The number of nitrogens with zero attached hydrogens (tertiary/aromatic N) is 1. The van der Waals surface area contributed by atoms with Gasteiger partial charge in [0.25, 0.3) is 5.69 Å². The van der Waals surface area contributed by atoms with Crippen LogP contribution in [0.1, 0.15) is 16.7 Å². The predicted octanol–water partition coefficient (Wildman–Crippen LogP) is 3.32. The second-order valence-corrected chi connectivity index (χ2v) is 5.09. The third kappa shape index (κ3) is 5.32. The van der Waals surface area contributed by atoms with Crippen molar-refractivity contribution < 1.29 is 18.8 Å². The van der Waals surface area contributed by atoms with Crippen LogP contribution in [0.3, 0.4) is 0 Å². The van der Waals surface area contributed by atoms with E-state index in [1.807, 2.05) is 30.3 Å². The minimum atomic E-state index is -0.659. The van der Waals surface area contributed by atoms with Crippen LogP contribution in [-0.4, -0.2) is 17.6 Å². The van der Waals surface area contributed by atoms with Crippen LogP contribution in [-0.2, 0) is 11.3 Å². The number of alkyl carbamates (subject to hydrolysis) is 1. The number of nitro benzene ring substituents is 1. The molecule has 0 fully saturated rings. The zero-order valence-corrected chi connectivity index (χ0v) is 13.4. The van der Waals surface area contributed by atoms with E-state index in [-0.39, 0.29) is 30.0 Å². The van der Waals surface area contributed by atoms with Gasteiger partial charge in [0.2, 0.25) is 0 Å². The van der Waals surface area contributed by atoms with Crippen molar-refractivity contribution in [2.45, 2.75) is 13.5 Å². The molecule has 0 saturated carbocycles. The van der Waals surface area contributed by atoms with Gasteiger partial charge < -0.3 is 10.1 Å². The number of nitrogens with one attached hydrogen (secondary N) is 1. The van der Waals surface area contributed by atoms with Crippen LogP contribution in [0.2, 0.25) is 0 Å². The molecule has 0 heterocycles. The summed E-state index contributed by atoms with van der Waals surface area (Å²) in [6.45, 7) is 1.50. The molecule has 0 unspecified atom stereocenters. The summed E-state index contributed by atoms with van der Waals surface area (Å²) >= 11 is 0. The number of nitro groups is 1. The van der Waals surface area contributed by atoms with Gasteiger partial charge in [0.1, 0.15) is 12.4 Å².